The van der Waals surface area contributed by atoms with Gasteiger partial charge in [0.25, 0.3) is 0 Å². The van der Waals surface area contributed by atoms with E-state index in [2.05, 4.69) is 4.74 Å². The lowest BCUT2D eigenvalue weighted by molar-refractivity contribution is -0.174. The van der Waals surface area contributed by atoms with E-state index in [1.165, 1.54) is 12.0 Å². The van der Waals surface area contributed by atoms with Crippen LogP contribution < -0.4 is 0 Å². The summed E-state index contributed by atoms with van der Waals surface area (Å²) in [7, 11) is 5.19. The topological polar surface area (TPSA) is 62.3 Å². The molecule has 0 aromatic heterocycles. The molecule has 1 saturated heterocycles. The van der Waals surface area contributed by atoms with E-state index < -0.39 is 12.0 Å². The Bertz CT molecular complexity index is 408. The second-order valence-corrected chi connectivity index (χ2v) is 4.88. The van der Waals surface area contributed by atoms with Crippen LogP contribution in [0.25, 0.3) is 0 Å². The molecule has 0 N–H and O–H groups in total. The van der Waals surface area contributed by atoms with Gasteiger partial charge in [-0.3, -0.25) is 9.59 Å². The number of hydrogen-bond acceptors (Lipinski definition) is 6. The number of amides is 1. The molecule has 106 valence electrons. The summed E-state index contributed by atoms with van der Waals surface area (Å²) in [4.78, 5) is 32.6. The first-order valence-corrected chi connectivity index (χ1v) is 6.17. The molecule has 2 aliphatic rings. The van der Waals surface area contributed by atoms with Crippen molar-refractivity contribution < 1.29 is 19.2 Å². The molecule has 0 saturated carbocycles. The Morgan fingerprint density at radius 2 is 2.26 bits per heavy atom. The first-order valence-electron chi connectivity index (χ1n) is 6.17. The maximum Gasteiger partial charge on any atom is 0.325 e. The maximum atomic E-state index is 12.2. The van der Waals surface area contributed by atoms with Gasteiger partial charge >= 0.3 is 5.97 Å². The molecule has 0 aromatic carbocycles. The van der Waals surface area contributed by atoms with Crippen LogP contribution in [0.4, 0.5) is 0 Å². The number of nitrogens with zero attached hydrogens (tertiary/aromatic N) is 3. The van der Waals surface area contributed by atoms with Crippen LogP contribution in [0.2, 0.25) is 0 Å². The van der Waals surface area contributed by atoms with E-state index in [1.54, 1.807) is 5.06 Å². The minimum absolute atomic E-state index is 0.00345. The summed E-state index contributed by atoms with van der Waals surface area (Å²) in [6.07, 6.45) is 1.81. The molecule has 19 heavy (non-hydrogen) atoms. The monoisotopic (exact) mass is 269 g/mol. The maximum absolute atomic E-state index is 12.2. The fourth-order valence-corrected chi connectivity index (χ4v) is 2.16. The fraction of sp³-hybridized carbons (Fsp3) is 0.667. The molecule has 2 heterocycles. The van der Waals surface area contributed by atoms with Gasteiger partial charge in [-0.15, -0.1) is 5.06 Å². The van der Waals surface area contributed by atoms with Crippen LogP contribution in [0.3, 0.4) is 0 Å². The van der Waals surface area contributed by atoms with Crippen molar-refractivity contribution in [2.24, 2.45) is 0 Å². The molecule has 2 aliphatic heterocycles. The number of fused-ring (bicyclic) bond motifs is 1. The van der Waals surface area contributed by atoms with Gasteiger partial charge in [0.15, 0.2) is 0 Å². The second kappa shape index (κ2) is 5.58. The molecule has 0 bridgehead atoms. The Morgan fingerprint density at radius 1 is 1.53 bits per heavy atom. The molecule has 1 atom stereocenters. The summed E-state index contributed by atoms with van der Waals surface area (Å²) >= 11 is 0. The molecule has 1 amide bonds. The predicted molar refractivity (Wildman–Crippen MR) is 66.8 cm³/mol. The van der Waals surface area contributed by atoms with E-state index in [9.17, 15) is 9.59 Å². The normalized spacial score (nSPS) is 23.2. The van der Waals surface area contributed by atoms with Crippen molar-refractivity contribution in [2.45, 2.75) is 6.04 Å². The third kappa shape index (κ3) is 3.05. The standard InChI is InChI=1S/C12H19N3O4/c1-13(2)7-9-6-10-12(17)14(8-11(16)18-3)4-5-15(10)19-9/h6,10H,4-5,7-8H2,1-3H3. The van der Waals surface area contributed by atoms with E-state index in [-0.39, 0.29) is 12.5 Å². The average molecular weight is 269 g/mol. The third-order valence-electron chi connectivity index (χ3n) is 3.06. The van der Waals surface area contributed by atoms with Crippen LogP contribution >= 0.6 is 0 Å². The van der Waals surface area contributed by atoms with E-state index in [4.69, 9.17) is 4.84 Å². The Morgan fingerprint density at radius 3 is 2.89 bits per heavy atom. The van der Waals surface area contributed by atoms with Gasteiger partial charge in [0.05, 0.1) is 20.2 Å². The number of hydrogen-bond donors (Lipinski definition) is 0. The molecular formula is C12H19N3O4. The smallest absolute Gasteiger partial charge is 0.325 e. The molecule has 1 unspecified atom stereocenters. The lowest BCUT2D eigenvalue weighted by Crippen LogP contribution is -2.55. The van der Waals surface area contributed by atoms with Crippen LogP contribution in [0.5, 0.6) is 0 Å². The van der Waals surface area contributed by atoms with E-state index in [1.807, 2.05) is 25.1 Å². The minimum Gasteiger partial charge on any atom is -0.468 e. The third-order valence-corrected chi connectivity index (χ3v) is 3.06. The largest absolute Gasteiger partial charge is 0.468 e. The number of methoxy groups -OCH3 is 1. The van der Waals surface area contributed by atoms with E-state index in [0.29, 0.717) is 19.6 Å². The Kier molecular flexibility index (Phi) is 4.06. The van der Waals surface area contributed by atoms with Gasteiger partial charge in [0.2, 0.25) is 5.91 Å². The summed E-state index contributed by atoms with van der Waals surface area (Å²) in [5.74, 6) is 0.242. The molecule has 0 spiro atoms. The van der Waals surface area contributed by atoms with Gasteiger partial charge in [-0.1, -0.05) is 0 Å². The number of piperazine rings is 1. The summed E-state index contributed by atoms with van der Waals surface area (Å²) in [5.41, 5.74) is 0. The molecule has 0 aromatic rings. The van der Waals surface area contributed by atoms with Crippen molar-refractivity contribution in [3.8, 4) is 0 Å². The average Bonchev–Trinajstić information content (AvgIpc) is 2.75. The van der Waals surface area contributed by atoms with Crippen LogP contribution in [-0.2, 0) is 19.2 Å². The first-order chi connectivity index (χ1) is 9.01. The minimum atomic E-state index is -0.423. The first kappa shape index (κ1) is 13.8. The van der Waals surface area contributed by atoms with Crippen molar-refractivity contribution in [1.29, 1.82) is 0 Å². The van der Waals surface area contributed by atoms with Gasteiger partial charge in [0, 0.05) is 6.54 Å². The summed E-state index contributed by atoms with van der Waals surface area (Å²) < 4.78 is 4.59. The van der Waals surface area contributed by atoms with Gasteiger partial charge in [-0.05, 0) is 20.2 Å². The van der Waals surface area contributed by atoms with Crippen LogP contribution in [0, 0.1) is 0 Å². The quantitative estimate of drug-likeness (QED) is 0.614. The Hall–Kier alpha value is -1.60. The number of carbonyl (C=O) groups is 2. The molecular weight excluding hydrogens is 250 g/mol. The highest BCUT2D eigenvalue weighted by molar-refractivity contribution is 5.88. The van der Waals surface area contributed by atoms with Crippen molar-refractivity contribution in [1.82, 2.24) is 14.9 Å². The number of carbonyl (C=O) groups excluding carboxylic acids is 2. The van der Waals surface area contributed by atoms with Gasteiger partial charge in [-0.25, -0.2) is 0 Å². The highest BCUT2D eigenvalue weighted by Gasteiger charge is 2.40. The highest BCUT2D eigenvalue weighted by atomic mass is 16.7. The van der Waals surface area contributed by atoms with E-state index in [0.717, 1.165) is 5.76 Å². The lowest BCUT2D eigenvalue weighted by atomic mass is 10.1. The SMILES string of the molecule is COC(=O)CN1CCN2OC(CN(C)C)=CC2C1=O. The fourth-order valence-electron chi connectivity index (χ4n) is 2.16. The molecule has 0 radical (unpaired) electrons. The second-order valence-electron chi connectivity index (χ2n) is 4.88. The molecule has 2 rings (SSSR count). The zero-order chi connectivity index (χ0) is 14.0. The van der Waals surface area contributed by atoms with E-state index >= 15 is 0 Å². The molecule has 7 heteroatoms. The van der Waals surface area contributed by atoms with Crippen LogP contribution in [0.15, 0.2) is 11.8 Å². The van der Waals surface area contributed by atoms with Gasteiger partial charge < -0.3 is 19.4 Å². The van der Waals surface area contributed by atoms with Gasteiger partial charge in [0.1, 0.15) is 18.3 Å². The summed E-state index contributed by atoms with van der Waals surface area (Å²) in [5, 5.41) is 1.66. The van der Waals surface area contributed by atoms with Crippen molar-refractivity contribution in [3.63, 3.8) is 0 Å². The lowest BCUT2D eigenvalue weighted by Gasteiger charge is -2.34. The summed E-state index contributed by atoms with van der Waals surface area (Å²) in [6, 6.07) is -0.423. The number of rotatable bonds is 4. The van der Waals surface area contributed by atoms with Crippen molar-refractivity contribution in [3.05, 3.63) is 11.8 Å². The summed E-state index contributed by atoms with van der Waals surface area (Å²) in [6.45, 7) is 1.70. The van der Waals surface area contributed by atoms with Crippen LogP contribution in [0.1, 0.15) is 0 Å². The van der Waals surface area contributed by atoms with Crippen LogP contribution in [-0.4, -0.2) is 80.2 Å². The van der Waals surface area contributed by atoms with Crippen molar-refractivity contribution >= 4 is 11.9 Å². The number of hydroxylamine groups is 2. The zero-order valence-electron chi connectivity index (χ0n) is 11.5. The molecule has 1 fully saturated rings. The molecule has 0 aliphatic carbocycles. The molecule has 7 nitrogen and oxygen atoms in total. The predicted octanol–water partition coefficient (Wildman–Crippen LogP) is -0.937. The zero-order valence-corrected chi connectivity index (χ0v) is 11.5. The number of likely N-dealkylation sites (N-methyl/N-ethyl adjacent to an activating group) is 1. The van der Waals surface area contributed by atoms with Gasteiger partial charge in [-0.2, -0.15) is 0 Å². The number of esters is 1. The number of ether oxygens (including phenoxy) is 1. The Labute approximate surface area is 112 Å². The Balaban J connectivity index is 2.01. The highest BCUT2D eigenvalue weighted by Crippen LogP contribution is 2.23. The van der Waals surface area contributed by atoms with Crippen molar-refractivity contribution in [2.75, 3.05) is 47.4 Å².